The van der Waals surface area contributed by atoms with E-state index in [-0.39, 0.29) is 12.4 Å². The van der Waals surface area contributed by atoms with Gasteiger partial charge in [-0.3, -0.25) is 0 Å². The maximum atomic E-state index is 6.19. The average Bonchev–Trinajstić information content (AvgIpc) is 2.54. The fourth-order valence-corrected chi connectivity index (χ4v) is 2.45. The number of rotatable bonds is 8. The van der Waals surface area contributed by atoms with Gasteiger partial charge in [0.15, 0.2) is 0 Å². The number of hydrogen-bond donors (Lipinski definition) is 0. The molecule has 0 bridgehead atoms. The van der Waals surface area contributed by atoms with E-state index in [0.717, 1.165) is 47.9 Å². The predicted molar refractivity (Wildman–Crippen MR) is 107 cm³/mol. The molecule has 0 spiro atoms. The summed E-state index contributed by atoms with van der Waals surface area (Å²) in [6.45, 7) is 1.84. The van der Waals surface area contributed by atoms with Crippen molar-refractivity contribution in [1.29, 1.82) is 0 Å². The Hall–Kier alpha value is -1.48. The Morgan fingerprint density at radius 3 is 2.25 bits per heavy atom. The molecule has 0 unspecified atom stereocenters. The summed E-state index contributed by atoms with van der Waals surface area (Å²) in [5.41, 5.74) is 2.08. The van der Waals surface area contributed by atoms with E-state index in [9.17, 15) is 0 Å². The molecule has 2 nitrogen and oxygen atoms in total. The molecule has 2 aromatic carbocycles. The molecule has 0 amide bonds. The second-order valence-corrected chi connectivity index (χ2v) is 6.16. The van der Waals surface area contributed by atoms with Crippen molar-refractivity contribution in [3.05, 3.63) is 64.7 Å². The van der Waals surface area contributed by atoms with Crippen LogP contribution in [-0.4, -0.2) is 32.1 Å². The number of benzene rings is 2. The molecule has 0 saturated heterocycles. The zero-order valence-electron chi connectivity index (χ0n) is 14.2. The predicted octanol–water partition coefficient (Wildman–Crippen LogP) is 5.65. The summed E-state index contributed by atoms with van der Waals surface area (Å²) >= 11 is 6.19. The molecule has 0 aliphatic rings. The van der Waals surface area contributed by atoms with Crippen molar-refractivity contribution in [1.82, 2.24) is 4.90 Å². The van der Waals surface area contributed by atoms with E-state index in [1.165, 1.54) is 0 Å². The molecule has 0 heterocycles. The Kier molecular flexibility index (Phi) is 9.55. The molecule has 2 aromatic rings. The van der Waals surface area contributed by atoms with Crippen molar-refractivity contribution < 1.29 is 4.74 Å². The monoisotopic (exact) mass is 365 g/mol. The Morgan fingerprint density at radius 2 is 1.54 bits per heavy atom. The third kappa shape index (κ3) is 6.96. The molecule has 4 heteroatoms. The Labute approximate surface area is 156 Å². The Bertz CT molecular complexity index is 641. The highest BCUT2D eigenvalue weighted by atomic mass is 35.5. The molecule has 0 aliphatic heterocycles. The van der Waals surface area contributed by atoms with E-state index in [1.807, 2.05) is 48.5 Å². The van der Waals surface area contributed by atoms with Crippen molar-refractivity contribution in [2.45, 2.75) is 12.8 Å². The van der Waals surface area contributed by atoms with Crippen molar-refractivity contribution in [3.8, 4) is 5.75 Å². The first-order chi connectivity index (χ1) is 11.2. The molecule has 0 atom stereocenters. The van der Waals surface area contributed by atoms with Gasteiger partial charge in [-0.15, -0.1) is 12.4 Å². The van der Waals surface area contributed by atoms with E-state index >= 15 is 0 Å². The van der Waals surface area contributed by atoms with Crippen LogP contribution < -0.4 is 4.74 Å². The maximum absolute atomic E-state index is 6.19. The van der Waals surface area contributed by atoms with Gasteiger partial charge in [-0.1, -0.05) is 60.2 Å². The van der Waals surface area contributed by atoms with Crippen LogP contribution in [0, 0.1) is 0 Å². The van der Waals surface area contributed by atoms with Gasteiger partial charge in [-0.25, -0.2) is 0 Å². The molecule has 0 aliphatic carbocycles. The smallest absolute Gasteiger partial charge is 0.126 e. The molecule has 0 saturated carbocycles. The summed E-state index contributed by atoms with van der Waals surface area (Å²) in [7, 11) is 4.19. The summed E-state index contributed by atoms with van der Waals surface area (Å²) in [4.78, 5) is 2.19. The molecule has 24 heavy (non-hydrogen) atoms. The highest BCUT2D eigenvalue weighted by Crippen LogP contribution is 2.23. The van der Waals surface area contributed by atoms with Crippen LogP contribution in [0.15, 0.2) is 48.5 Å². The second-order valence-electron chi connectivity index (χ2n) is 5.75. The summed E-state index contributed by atoms with van der Waals surface area (Å²) in [5.74, 6) is 0.917. The van der Waals surface area contributed by atoms with Crippen molar-refractivity contribution in [3.63, 3.8) is 0 Å². The van der Waals surface area contributed by atoms with E-state index in [4.69, 9.17) is 16.3 Å². The van der Waals surface area contributed by atoms with Crippen molar-refractivity contribution >= 4 is 36.2 Å². The molecule has 0 N–H and O–H groups in total. The van der Waals surface area contributed by atoms with Gasteiger partial charge in [0.1, 0.15) is 5.75 Å². The molecule has 0 fully saturated rings. The van der Waals surface area contributed by atoms with Crippen molar-refractivity contribution in [2.75, 3.05) is 27.2 Å². The van der Waals surface area contributed by atoms with Crippen molar-refractivity contribution in [2.24, 2.45) is 0 Å². The molecular weight excluding hydrogens is 341 g/mol. The summed E-state index contributed by atoms with van der Waals surface area (Å²) in [5, 5.41) is 0.755. The standard InChI is InChI=1S/C20H24ClNO.ClH/c1-22(2)15-7-8-16-23-20-12-6-4-10-18(20)14-13-17-9-3-5-11-19(17)21;/h3-6,9-14H,7-8,15-16H2,1-2H3;1H. The highest BCUT2D eigenvalue weighted by molar-refractivity contribution is 6.32. The van der Waals surface area contributed by atoms with Gasteiger partial charge in [-0.05, 0) is 51.2 Å². The first-order valence-corrected chi connectivity index (χ1v) is 8.34. The molecular formula is C20H25Cl2NO. The lowest BCUT2D eigenvalue weighted by Crippen LogP contribution is -2.13. The third-order valence-corrected chi connectivity index (χ3v) is 3.87. The first-order valence-electron chi connectivity index (χ1n) is 7.96. The minimum absolute atomic E-state index is 0. The quantitative estimate of drug-likeness (QED) is 0.442. The van der Waals surface area contributed by atoms with Crippen LogP contribution in [0.1, 0.15) is 24.0 Å². The van der Waals surface area contributed by atoms with Crippen LogP contribution in [0.4, 0.5) is 0 Å². The van der Waals surface area contributed by atoms with Gasteiger partial charge in [0.05, 0.1) is 6.61 Å². The topological polar surface area (TPSA) is 12.5 Å². The summed E-state index contributed by atoms with van der Waals surface area (Å²) in [6.07, 6.45) is 6.28. The minimum atomic E-state index is 0. The molecule has 0 aromatic heterocycles. The average molecular weight is 366 g/mol. The number of nitrogens with zero attached hydrogens (tertiary/aromatic N) is 1. The van der Waals surface area contributed by atoms with Crippen LogP contribution >= 0.6 is 24.0 Å². The van der Waals surface area contributed by atoms with Gasteiger partial charge >= 0.3 is 0 Å². The SMILES string of the molecule is CN(C)CCCCOc1ccccc1C=Cc1ccccc1Cl.Cl. The summed E-state index contributed by atoms with van der Waals surface area (Å²) in [6, 6.07) is 15.9. The van der Waals surface area contributed by atoms with Gasteiger partial charge < -0.3 is 9.64 Å². The number of halogens is 2. The molecule has 2 rings (SSSR count). The van der Waals surface area contributed by atoms with Gasteiger partial charge in [0.2, 0.25) is 0 Å². The number of unbranched alkanes of at least 4 members (excludes halogenated alkanes) is 1. The minimum Gasteiger partial charge on any atom is -0.493 e. The van der Waals surface area contributed by atoms with Crippen LogP contribution in [0.3, 0.4) is 0 Å². The lowest BCUT2D eigenvalue weighted by Gasteiger charge is -2.11. The van der Waals surface area contributed by atoms with Crippen LogP contribution in [0.2, 0.25) is 5.02 Å². The van der Waals surface area contributed by atoms with Gasteiger partial charge in [-0.2, -0.15) is 0 Å². The fourth-order valence-electron chi connectivity index (χ4n) is 2.25. The maximum Gasteiger partial charge on any atom is 0.126 e. The van der Waals surface area contributed by atoms with Gasteiger partial charge in [0.25, 0.3) is 0 Å². The first kappa shape index (κ1) is 20.6. The second kappa shape index (κ2) is 11.1. The Morgan fingerprint density at radius 1 is 0.917 bits per heavy atom. The number of hydrogen-bond acceptors (Lipinski definition) is 2. The van der Waals surface area contributed by atoms with E-state index in [0.29, 0.717) is 0 Å². The van der Waals surface area contributed by atoms with Crippen LogP contribution in [-0.2, 0) is 0 Å². The van der Waals surface area contributed by atoms with Crippen LogP contribution in [0.5, 0.6) is 5.75 Å². The van der Waals surface area contributed by atoms with E-state index < -0.39 is 0 Å². The lowest BCUT2D eigenvalue weighted by atomic mass is 10.1. The zero-order chi connectivity index (χ0) is 16.5. The normalized spacial score (nSPS) is 10.8. The summed E-state index contributed by atoms with van der Waals surface area (Å²) < 4.78 is 5.93. The van der Waals surface area contributed by atoms with E-state index in [1.54, 1.807) is 0 Å². The number of ether oxygens (including phenoxy) is 1. The Balaban J connectivity index is 0.00000288. The highest BCUT2D eigenvalue weighted by Gasteiger charge is 2.01. The van der Waals surface area contributed by atoms with Crippen LogP contribution in [0.25, 0.3) is 12.2 Å². The fraction of sp³-hybridized carbons (Fsp3) is 0.300. The number of para-hydroxylation sites is 1. The lowest BCUT2D eigenvalue weighted by molar-refractivity contribution is 0.292. The molecule has 130 valence electrons. The zero-order valence-corrected chi connectivity index (χ0v) is 15.8. The van der Waals surface area contributed by atoms with E-state index in [2.05, 4.69) is 31.1 Å². The molecule has 0 radical (unpaired) electrons. The largest absolute Gasteiger partial charge is 0.493 e. The third-order valence-electron chi connectivity index (χ3n) is 3.52. The van der Waals surface area contributed by atoms with Gasteiger partial charge in [0, 0.05) is 10.6 Å².